The van der Waals surface area contributed by atoms with Crippen molar-refractivity contribution in [3.05, 3.63) is 35.5 Å². The average molecular weight is 472 g/mol. The molecule has 3 rings (SSSR count). The van der Waals surface area contributed by atoms with E-state index in [1.54, 1.807) is 24.3 Å². The molecule has 0 aliphatic carbocycles. The van der Waals surface area contributed by atoms with Crippen LogP contribution in [0, 0.1) is 0 Å². The lowest BCUT2D eigenvalue weighted by atomic mass is 10.1. The maximum atomic E-state index is 12.4. The Bertz CT molecular complexity index is 1050. The molecule has 1 fully saturated rings. The molecule has 1 aromatic carbocycles. The molecule has 12 nitrogen and oxygen atoms in total. The fourth-order valence-electron chi connectivity index (χ4n) is 3.91. The quantitative estimate of drug-likeness (QED) is 0.344. The standard InChI is InChI=1S/C22H29N7O5/c1-2-15-18(19(23)27-22(24)26-15)29-11-9-28(10-12-29)14-5-3-13(4-6-14)20(32)25-16(21(33)34)7-8-17(30)31/h3-6,16H,2,7-12H2,1H3,(H,25,32)(H,30,31)(H,33,34)(H4,23,24,26,27)/t16-/m0/s1. The van der Waals surface area contributed by atoms with E-state index in [2.05, 4.69) is 25.1 Å². The van der Waals surface area contributed by atoms with Gasteiger partial charge in [-0.15, -0.1) is 0 Å². The number of aromatic nitrogens is 2. The fraction of sp³-hybridized carbons (Fsp3) is 0.409. The molecule has 0 bridgehead atoms. The predicted octanol–water partition coefficient (Wildman–Crippen LogP) is 0.578. The van der Waals surface area contributed by atoms with Crippen molar-refractivity contribution >= 4 is 41.0 Å². The van der Waals surface area contributed by atoms with Gasteiger partial charge in [-0.05, 0) is 37.1 Å². The molecule has 1 amide bonds. The van der Waals surface area contributed by atoms with E-state index in [4.69, 9.17) is 16.6 Å². The highest BCUT2D eigenvalue weighted by Crippen LogP contribution is 2.28. The number of nitrogens with one attached hydrogen (secondary N) is 1. The molecule has 1 aliphatic heterocycles. The average Bonchev–Trinajstić information content (AvgIpc) is 2.81. The third-order valence-electron chi connectivity index (χ3n) is 5.68. The van der Waals surface area contributed by atoms with Gasteiger partial charge in [0.2, 0.25) is 5.95 Å². The van der Waals surface area contributed by atoms with Crippen molar-refractivity contribution < 1.29 is 24.6 Å². The van der Waals surface area contributed by atoms with Crippen molar-refractivity contribution in [1.29, 1.82) is 0 Å². The number of carbonyl (C=O) groups is 3. The number of carbonyl (C=O) groups excluding carboxylic acids is 1. The van der Waals surface area contributed by atoms with E-state index in [0.717, 1.165) is 30.2 Å². The van der Waals surface area contributed by atoms with Gasteiger partial charge in [0, 0.05) is 43.9 Å². The van der Waals surface area contributed by atoms with Crippen molar-refractivity contribution in [2.45, 2.75) is 32.2 Å². The summed E-state index contributed by atoms with van der Waals surface area (Å²) in [4.78, 5) is 47.2. The first-order valence-corrected chi connectivity index (χ1v) is 11.0. The Kier molecular flexibility index (Phi) is 7.71. The van der Waals surface area contributed by atoms with Crippen LogP contribution in [0.2, 0.25) is 0 Å². The van der Waals surface area contributed by atoms with E-state index >= 15 is 0 Å². The van der Waals surface area contributed by atoms with E-state index in [1.807, 2.05) is 6.92 Å². The molecule has 0 unspecified atom stereocenters. The molecule has 2 heterocycles. The largest absolute Gasteiger partial charge is 0.481 e. The van der Waals surface area contributed by atoms with Crippen molar-refractivity contribution in [2.24, 2.45) is 0 Å². The number of aliphatic carboxylic acids is 2. The van der Waals surface area contributed by atoms with Crippen molar-refractivity contribution in [3.8, 4) is 0 Å². The first-order chi connectivity index (χ1) is 16.2. The minimum Gasteiger partial charge on any atom is -0.481 e. The Balaban J connectivity index is 1.61. The number of carboxylic acid groups (broad SMARTS) is 2. The van der Waals surface area contributed by atoms with E-state index in [1.165, 1.54) is 0 Å². The van der Waals surface area contributed by atoms with Crippen LogP contribution in [0.1, 0.15) is 35.8 Å². The molecule has 7 N–H and O–H groups in total. The lowest BCUT2D eigenvalue weighted by Crippen LogP contribution is -2.47. The van der Waals surface area contributed by atoms with Crippen LogP contribution >= 0.6 is 0 Å². The zero-order valence-corrected chi connectivity index (χ0v) is 18.9. The third kappa shape index (κ3) is 5.82. The molecular weight excluding hydrogens is 442 g/mol. The number of hydrogen-bond acceptors (Lipinski definition) is 9. The van der Waals surface area contributed by atoms with E-state index in [-0.39, 0.29) is 18.8 Å². The summed E-state index contributed by atoms with van der Waals surface area (Å²) in [5.74, 6) is -2.43. The number of rotatable bonds is 9. The van der Waals surface area contributed by atoms with E-state index in [9.17, 15) is 19.5 Å². The highest BCUT2D eigenvalue weighted by atomic mass is 16.4. The summed E-state index contributed by atoms with van der Waals surface area (Å²) in [5, 5.41) is 20.4. The molecule has 1 aliphatic rings. The van der Waals surface area contributed by atoms with Crippen molar-refractivity contribution in [3.63, 3.8) is 0 Å². The van der Waals surface area contributed by atoms with Gasteiger partial charge >= 0.3 is 11.9 Å². The van der Waals surface area contributed by atoms with Gasteiger partial charge in [-0.25, -0.2) is 9.78 Å². The molecule has 2 aromatic rings. The summed E-state index contributed by atoms with van der Waals surface area (Å²) in [6, 6.07) is 5.57. The second-order valence-electron chi connectivity index (χ2n) is 7.93. The van der Waals surface area contributed by atoms with Gasteiger partial charge in [0.15, 0.2) is 5.82 Å². The first kappa shape index (κ1) is 24.6. The number of nitrogens with two attached hydrogens (primary N) is 2. The number of anilines is 4. The Labute approximate surface area is 196 Å². The summed E-state index contributed by atoms with van der Waals surface area (Å²) in [7, 11) is 0. The number of aryl methyl sites for hydroxylation is 1. The van der Waals surface area contributed by atoms with Crippen LogP contribution in [0.25, 0.3) is 0 Å². The Hall–Kier alpha value is -4.09. The maximum absolute atomic E-state index is 12.4. The molecule has 182 valence electrons. The number of piperazine rings is 1. The molecule has 0 spiro atoms. The number of nitrogen functional groups attached to an aromatic ring is 2. The molecule has 12 heteroatoms. The molecular formula is C22H29N7O5. The van der Waals surface area contributed by atoms with Gasteiger partial charge < -0.3 is 36.8 Å². The van der Waals surface area contributed by atoms with Gasteiger partial charge in [0.1, 0.15) is 11.7 Å². The number of benzene rings is 1. The Morgan fingerprint density at radius 2 is 1.65 bits per heavy atom. The predicted molar refractivity (Wildman–Crippen MR) is 127 cm³/mol. The van der Waals surface area contributed by atoms with Crippen LogP contribution < -0.4 is 26.6 Å². The van der Waals surface area contributed by atoms with Gasteiger partial charge in [-0.1, -0.05) is 6.92 Å². The molecule has 1 saturated heterocycles. The molecule has 34 heavy (non-hydrogen) atoms. The number of carboxylic acids is 2. The SMILES string of the molecule is CCc1nc(N)nc(N)c1N1CCN(c2ccc(C(=O)N[C@@H](CCC(=O)O)C(=O)O)cc2)CC1. The highest BCUT2D eigenvalue weighted by Gasteiger charge is 2.24. The summed E-state index contributed by atoms with van der Waals surface area (Å²) < 4.78 is 0. The summed E-state index contributed by atoms with van der Waals surface area (Å²) >= 11 is 0. The monoisotopic (exact) mass is 471 g/mol. The molecule has 1 aromatic heterocycles. The topological polar surface area (TPSA) is 188 Å². The molecule has 0 radical (unpaired) electrons. The summed E-state index contributed by atoms with van der Waals surface area (Å²) in [5.41, 5.74) is 14.7. The zero-order chi connectivity index (χ0) is 24.8. The fourth-order valence-corrected chi connectivity index (χ4v) is 3.91. The normalized spacial score (nSPS) is 14.5. The van der Waals surface area contributed by atoms with Crippen LogP contribution in [0.3, 0.4) is 0 Å². The number of hydrogen-bond donors (Lipinski definition) is 5. The zero-order valence-electron chi connectivity index (χ0n) is 18.9. The second-order valence-corrected chi connectivity index (χ2v) is 7.93. The first-order valence-electron chi connectivity index (χ1n) is 11.0. The second kappa shape index (κ2) is 10.7. The van der Waals surface area contributed by atoms with Crippen molar-refractivity contribution in [1.82, 2.24) is 15.3 Å². The van der Waals surface area contributed by atoms with Crippen LogP contribution in [0.15, 0.2) is 24.3 Å². The van der Waals surface area contributed by atoms with Crippen LogP contribution in [0.5, 0.6) is 0 Å². The molecule has 1 atom stereocenters. The van der Waals surface area contributed by atoms with E-state index < -0.39 is 23.9 Å². The molecule has 0 saturated carbocycles. The van der Waals surface area contributed by atoms with Crippen LogP contribution in [0.4, 0.5) is 23.1 Å². The van der Waals surface area contributed by atoms with E-state index in [0.29, 0.717) is 30.9 Å². The van der Waals surface area contributed by atoms with Crippen molar-refractivity contribution in [2.75, 3.05) is 47.4 Å². The minimum atomic E-state index is -1.28. The third-order valence-corrected chi connectivity index (χ3v) is 5.68. The smallest absolute Gasteiger partial charge is 0.326 e. The van der Waals surface area contributed by atoms with Gasteiger partial charge in [0.05, 0.1) is 5.69 Å². The van der Waals surface area contributed by atoms with Crippen LogP contribution in [-0.2, 0) is 16.0 Å². The Morgan fingerprint density at radius 3 is 2.21 bits per heavy atom. The minimum absolute atomic E-state index is 0.164. The lowest BCUT2D eigenvalue weighted by Gasteiger charge is -2.38. The Morgan fingerprint density at radius 1 is 1.03 bits per heavy atom. The number of amides is 1. The lowest BCUT2D eigenvalue weighted by molar-refractivity contribution is -0.140. The maximum Gasteiger partial charge on any atom is 0.326 e. The van der Waals surface area contributed by atoms with Gasteiger partial charge in [-0.3, -0.25) is 9.59 Å². The van der Waals surface area contributed by atoms with Gasteiger partial charge in [-0.2, -0.15) is 4.98 Å². The van der Waals surface area contributed by atoms with Crippen LogP contribution in [-0.4, -0.2) is 70.2 Å². The number of nitrogens with zero attached hydrogens (tertiary/aromatic N) is 4. The summed E-state index contributed by atoms with van der Waals surface area (Å²) in [6.07, 6.45) is 0.146. The highest BCUT2D eigenvalue weighted by molar-refractivity contribution is 5.97. The van der Waals surface area contributed by atoms with Gasteiger partial charge in [0.25, 0.3) is 5.91 Å². The summed E-state index contributed by atoms with van der Waals surface area (Å²) in [6.45, 7) is 4.83.